The van der Waals surface area contributed by atoms with Crippen molar-refractivity contribution in [2.75, 3.05) is 27.2 Å². The summed E-state index contributed by atoms with van der Waals surface area (Å²) in [6.07, 6.45) is 3.82. The second kappa shape index (κ2) is 7.69. The average Bonchev–Trinajstić information content (AvgIpc) is 3.08. The number of likely N-dealkylation sites (N-methyl/N-ethyl adjacent to an activating group) is 1. The second-order valence-electron chi connectivity index (χ2n) is 6.83. The predicted octanol–water partition coefficient (Wildman–Crippen LogP) is 1.62. The fourth-order valence-electron chi connectivity index (χ4n) is 2.87. The van der Waals surface area contributed by atoms with Crippen molar-refractivity contribution < 1.29 is 4.79 Å². The van der Waals surface area contributed by atoms with Crippen LogP contribution in [0, 0.1) is 0 Å². The Hall–Kier alpha value is -3.39. The Balaban J connectivity index is 1.40. The number of carbonyl (C=O) groups is 1. The van der Waals surface area contributed by atoms with Crippen LogP contribution in [0.4, 0.5) is 0 Å². The molecule has 28 heavy (non-hydrogen) atoms. The van der Waals surface area contributed by atoms with Crippen LogP contribution < -0.4 is 5.32 Å². The SMILES string of the molecule is CN(C)CCNC(=O)CC1=NC(c2cccc(-c3cn4ncccc4n3)c2)=N1. The van der Waals surface area contributed by atoms with Gasteiger partial charge < -0.3 is 10.2 Å². The van der Waals surface area contributed by atoms with Crippen molar-refractivity contribution in [2.45, 2.75) is 6.42 Å². The Morgan fingerprint density at radius 2 is 1.96 bits per heavy atom. The van der Waals surface area contributed by atoms with E-state index in [0.29, 0.717) is 18.2 Å². The minimum atomic E-state index is -0.0608. The predicted molar refractivity (Wildman–Crippen MR) is 109 cm³/mol. The van der Waals surface area contributed by atoms with Crippen LogP contribution in [-0.4, -0.2) is 64.3 Å². The Labute approximate surface area is 162 Å². The molecule has 3 aromatic rings. The number of amidine groups is 2. The molecule has 1 aliphatic heterocycles. The summed E-state index contributed by atoms with van der Waals surface area (Å²) >= 11 is 0. The zero-order valence-electron chi connectivity index (χ0n) is 15.8. The van der Waals surface area contributed by atoms with Crippen molar-refractivity contribution in [2.24, 2.45) is 9.98 Å². The summed E-state index contributed by atoms with van der Waals surface area (Å²) in [5.41, 5.74) is 3.50. The number of benzene rings is 1. The van der Waals surface area contributed by atoms with E-state index in [1.54, 1.807) is 10.7 Å². The van der Waals surface area contributed by atoms with Crippen molar-refractivity contribution in [3.63, 3.8) is 0 Å². The summed E-state index contributed by atoms with van der Waals surface area (Å²) in [6, 6.07) is 11.7. The van der Waals surface area contributed by atoms with Gasteiger partial charge in [0.05, 0.1) is 18.3 Å². The molecule has 142 valence electrons. The number of nitrogens with zero attached hydrogens (tertiary/aromatic N) is 6. The fourth-order valence-corrected chi connectivity index (χ4v) is 2.87. The lowest BCUT2D eigenvalue weighted by atomic mass is 10.1. The highest BCUT2D eigenvalue weighted by Crippen LogP contribution is 2.22. The van der Waals surface area contributed by atoms with Crippen LogP contribution in [0.2, 0.25) is 0 Å². The molecular weight excluding hydrogens is 354 g/mol. The van der Waals surface area contributed by atoms with E-state index in [1.165, 1.54) is 0 Å². The highest BCUT2D eigenvalue weighted by Gasteiger charge is 2.18. The van der Waals surface area contributed by atoms with Gasteiger partial charge >= 0.3 is 0 Å². The Morgan fingerprint density at radius 3 is 2.75 bits per heavy atom. The van der Waals surface area contributed by atoms with E-state index in [0.717, 1.165) is 29.0 Å². The van der Waals surface area contributed by atoms with Gasteiger partial charge in [-0.25, -0.2) is 19.5 Å². The first-order chi connectivity index (χ1) is 13.6. The molecule has 0 spiro atoms. The van der Waals surface area contributed by atoms with Gasteiger partial charge in [-0.15, -0.1) is 0 Å². The lowest BCUT2D eigenvalue weighted by molar-refractivity contribution is -0.119. The van der Waals surface area contributed by atoms with Gasteiger partial charge in [0, 0.05) is 30.4 Å². The third-order valence-electron chi connectivity index (χ3n) is 4.32. The van der Waals surface area contributed by atoms with E-state index >= 15 is 0 Å². The Morgan fingerprint density at radius 1 is 1.14 bits per heavy atom. The number of fused-ring (bicyclic) bond motifs is 1. The lowest BCUT2D eigenvalue weighted by Gasteiger charge is -2.14. The number of carbonyl (C=O) groups excluding carboxylic acids is 1. The summed E-state index contributed by atoms with van der Waals surface area (Å²) in [4.78, 5) is 27.3. The molecule has 0 saturated carbocycles. The normalized spacial score (nSPS) is 13.2. The van der Waals surface area contributed by atoms with Crippen molar-refractivity contribution in [3.8, 4) is 11.3 Å². The Bertz CT molecular complexity index is 1050. The first-order valence-corrected chi connectivity index (χ1v) is 9.07. The van der Waals surface area contributed by atoms with Crippen molar-refractivity contribution in [3.05, 3.63) is 54.4 Å². The van der Waals surface area contributed by atoms with Crippen LogP contribution in [0.15, 0.2) is 58.8 Å². The first-order valence-electron chi connectivity index (χ1n) is 9.07. The van der Waals surface area contributed by atoms with Crippen molar-refractivity contribution >= 4 is 23.2 Å². The number of rotatable bonds is 7. The highest BCUT2D eigenvalue weighted by molar-refractivity contribution is 6.21. The molecule has 8 heteroatoms. The molecule has 8 nitrogen and oxygen atoms in total. The first kappa shape index (κ1) is 18.0. The third-order valence-corrected chi connectivity index (χ3v) is 4.32. The second-order valence-corrected chi connectivity index (χ2v) is 6.83. The molecule has 0 atom stereocenters. The molecular formula is C20H21N7O. The van der Waals surface area contributed by atoms with Gasteiger partial charge in [0.15, 0.2) is 11.5 Å². The fraction of sp³-hybridized carbons (Fsp3) is 0.250. The molecule has 0 unspecified atom stereocenters. The number of aromatic nitrogens is 3. The van der Waals surface area contributed by atoms with E-state index < -0.39 is 0 Å². The molecule has 0 fully saturated rings. The lowest BCUT2D eigenvalue weighted by Crippen LogP contribution is -2.33. The third kappa shape index (κ3) is 3.96. The largest absolute Gasteiger partial charge is 0.354 e. The van der Waals surface area contributed by atoms with Gasteiger partial charge in [0.25, 0.3) is 0 Å². The molecule has 0 radical (unpaired) electrons. The van der Waals surface area contributed by atoms with Crippen LogP contribution in [0.1, 0.15) is 12.0 Å². The van der Waals surface area contributed by atoms with E-state index in [-0.39, 0.29) is 12.3 Å². The number of nitrogens with one attached hydrogen (secondary N) is 1. The number of amides is 1. The van der Waals surface area contributed by atoms with Crippen LogP contribution >= 0.6 is 0 Å². The standard InChI is InChI=1S/C20H21N7O/c1-26(2)10-9-21-19(28)12-17-24-20(25-17)15-6-3-5-14(11-15)16-13-27-18(23-16)7-4-8-22-27/h3-8,11,13H,9-10,12H2,1-2H3,(H,21,28). The molecule has 0 bridgehead atoms. The molecule has 1 aromatic carbocycles. The molecule has 0 saturated heterocycles. The summed E-state index contributed by atoms with van der Waals surface area (Å²) in [6.45, 7) is 1.42. The molecule has 3 heterocycles. The molecule has 4 rings (SSSR count). The summed E-state index contributed by atoms with van der Waals surface area (Å²) < 4.78 is 1.74. The summed E-state index contributed by atoms with van der Waals surface area (Å²) in [7, 11) is 3.94. The summed E-state index contributed by atoms with van der Waals surface area (Å²) in [5, 5.41) is 7.11. The highest BCUT2D eigenvalue weighted by atomic mass is 16.1. The number of hydrogen-bond acceptors (Lipinski definition) is 6. The van der Waals surface area contributed by atoms with Gasteiger partial charge in [-0.2, -0.15) is 5.10 Å². The quantitative estimate of drug-likeness (QED) is 0.680. The smallest absolute Gasteiger partial charge is 0.227 e. The summed E-state index contributed by atoms with van der Waals surface area (Å²) in [5.74, 6) is 1.13. The van der Waals surface area contributed by atoms with Crippen LogP contribution in [-0.2, 0) is 4.79 Å². The van der Waals surface area contributed by atoms with E-state index in [1.807, 2.05) is 61.6 Å². The van der Waals surface area contributed by atoms with E-state index in [2.05, 4.69) is 25.4 Å². The maximum absolute atomic E-state index is 11.9. The van der Waals surface area contributed by atoms with Crippen molar-refractivity contribution in [1.82, 2.24) is 24.8 Å². The van der Waals surface area contributed by atoms with Crippen molar-refractivity contribution in [1.29, 1.82) is 0 Å². The van der Waals surface area contributed by atoms with Gasteiger partial charge in [0.1, 0.15) is 5.84 Å². The number of aliphatic imine (C=N–C) groups is 2. The maximum Gasteiger partial charge on any atom is 0.227 e. The van der Waals surface area contributed by atoms with Crippen LogP contribution in [0.25, 0.3) is 16.9 Å². The average molecular weight is 375 g/mol. The monoisotopic (exact) mass is 375 g/mol. The van der Waals surface area contributed by atoms with Crippen LogP contribution in [0.5, 0.6) is 0 Å². The molecule has 1 N–H and O–H groups in total. The van der Waals surface area contributed by atoms with Gasteiger partial charge in [-0.1, -0.05) is 18.2 Å². The number of imidazole rings is 1. The molecule has 0 aliphatic carbocycles. The number of hydrogen-bond donors (Lipinski definition) is 1. The maximum atomic E-state index is 11.9. The minimum Gasteiger partial charge on any atom is -0.354 e. The van der Waals surface area contributed by atoms with E-state index in [4.69, 9.17) is 0 Å². The molecule has 1 aliphatic rings. The Kier molecular flexibility index (Phi) is 4.94. The topological polar surface area (TPSA) is 87.2 Å². The van der Waals surface area contributed by atoms with Crippen LogP contribution in [0.3, 0.4) is 0 Å². The van der Waals surface area contributed by atoms with Gasteiger partial charge in [-0.3, -0.25) is 4.79 Å². The van der Waals surface area contributed by atoms with E-state index in [9.17, 15) is 4.79 Å². The molecule has 1 amide bonds. The minimum absolute atomic E-state index is 0.0608. The molecule has 2 aromatic heterocycles. The zero-order valence-corrected chi connectivity index (χ0v) is 15.8. The van der Waals surface area contributed by atoms with Gasteiger partial charge in [-0.05, 0) is 32.3 Å². The van der Waals surface area contributed by atoms with Gasteiger partial charge in [0.2, 0.25) is 5.91 Å². The zero-order chi connectivity index (χ0) is 19.5.